The quantitative estimate of drug-likeness (QED) is 0.431. The molecule has 1 aliphatic heterocycles. The maximum absolute atomic E-state index is 13.7. The van der Waals surface area contributed by atoms with E-state index in [0.717, 1.165) is 43.9 Å². The van der Waals surface area contributed by atoms with Gasteiger partial charge >= 0.3 is 0 Å². The fraction of sp³-hybridized carbons (Fsp3) is 0.455. The fourth-order valence-corrected chi connectivity index (χ4v) is 4.17. The minimum absolute atomic E-state index is 0.0545. The van der Waals surface area contributed by atoms with Crippen molar-refractivity contribution >= 4 is 16.6 Å². The lowest BCUT2D eigenvalue weighted by Crippen LogP contribution is -2.39. The number of nitrogens with zero attached hydrogens (tertiary/aromatic N) is 6. The van der Waals surface area contributed by atoms with Crippen LogP contribution in [0.2, 0.25) is 0 Å². The Bertz CT molecular complexity index is 1290. The van der Waals surface area contributed by atoms with Gasteiger partial charge in [0.25, 0.3) is 5.56 Å². The Morgan fingerprint density at radius 1 is 1.16 bits per heavy atom. The predicted molar refractivity (Wildman–Crippen MR) is 118 cm³/mol. The molecule has 0 saturated carbocycles. The van der Waals surface area contributed by atoms with Gasteiger partial charge in [-0.3, -0.25) is 14.1 Å². The number of morpholine rings is 1. The zero-order chi connectivity index (χ0) is 22.1. The third-order valence-electron chi connectivity index (χ3n) is 5.88. The topological polar surface area (TPSA) is 99.9 Å². The van der Waals surface area contributed by atoms with Gasteiger partial charge in [0.2, 0.25) is 11.7 Å². The van der Waals surface area contributed by atoms with Gasteiger partial charge < -0.3 is 18.6 Å². The van der Waals surface area contributed by atoms with Crippen LogP contribution in [-0.2, 0) is 16.0 Å². The number of ether oxygens (including phenoxy) is 2. The summed E-state index contributed by atoms with van der Waals surface area (Å²) in [5, 5.41) is 4.09. The molecule has 10 heteroatoms. The normalized spacial score (nSPS) is 16.2. The van der Waals surface area contributed by atoms with E-state index in [2.05, 4.69) is 20.0 Å². The van der Waals surface area contributed by atoms with Crippen molar-refractivity contribution in [3.05, 3.63) is 46.8 Å². The molecule has 1 aliphatic rings. The van der Waals surface area contributed by atoms with Crippen molar-refractivity contribution < 1.29 is 14.0 Å². The van der Waals surface area contributed by atoms with E-state index >= 15 is 0 Å². The smallest absolute Gasteiger partial charge is 0.277 e. The van der Waals surface area contributed by atoms with E-state index in [4.69, 9.17) is 14.0 Å². The van der Waals surface area contributed by atoms with Crippen LogP contribution in [0.15, 0.2) is 39.9 Å². The predicted octanol–water partition coefficient (Wildman–Crippen LogP) is 1.78. The van der Waals surface area contributed by atoms with E-state index in [0.29, 0.717) is 36.1 Å². The van der Waals surface area contributed by atoms with Crippen molar-refractivity contribution in [2.45, 2.75) is 19.4 Å². The van der Waals surface area contributed by atoms with Crippen LogP contribution >= 0.6 is 0 Å². The Labute approximate surface area is 184 Å². The summed E-state index contributed by atoms with van der Waals surface area (Å²) in [5.74, 6) is 0.704. The molecule has 1 aromatic carbocycles. The Balaban J connectivity index is 1.59. The first-order chi connectivity index (χ1) is 15.7. The van der Waals surface area contributed by atoms with Crippen molar-refractivity contribution in [2.24, 2.45) is 0 Å². The van der Waals surface area contributed by atoms with Gasteiger partial charge in [-0.1, -0.05) is 24.2 Å². The number of aromatic nitrogens is 5. The lowest BCUT2D eigenvalue weighted by atomic mass is 10.2. The number of methoxy groups -OCH3 is 1. The maximum Gasteiger partial charge on any atom is 0.277 e. The molecule has 0 spiro atoms. The summed E-state index contributed by atoms with van der Waals surface area (Å²) in [6.07, 6.45) is 1.65. The Hall–Kier alpha value is -3.08. The van der Waals surface area contributed by atoms with Gasteiger partial charge in [0, 0.05) is 33.3 Å². The minimum atomic E-state index is -0.124. The van der Waals surface area contributed by atoms with Crippen molar-refractivity contribution in [2.75, 3.05) is 46.6 Å². The molecule has 32 heavy (non-hydrogen) atoms. The molecular formula is C22H26N6O4. The number of fused-ring (bicyclic) bond motifs is 3. The van der Waals surface area contributed by atoms with E-state index in [1.54, 1.807) is 13.4 Å². The summed E-state index contributed by atoms with van der Waals surface area (Å²) in [6, 6.07) is 7.85. The standard InChI is InChI=1S/C22H26N6O4/c1-15(13-30-2)21-24-20(25-32-21)18-19-22(29)27(8-7-26-9-11-31-12-10-26)16-5-3-4-6-17(16)28(19)14-23-18/h3-6,14-15H,7-13H2,1-2H3. The summed E-state index contributed by atoms with van der Waals surface area (Å²) in [7, 11) is 1.63. The molecule has 0 N–H and O–H groups in total. The molecule has 0 amide bonds. The minimum Gasteiger partial charge on any atom is -0.384 e. The molecule has 1 unspecified atom stereocenters. The molecule has 4 aromatic rings. The SMILES string of the molecule is COCC(C)c1nc(-c2ncn3c2c(=O)n(CCN2CCOCC2)c2ccccc23)no1. The van der Waals surface area contributed by atoms with Crippen molar-refractivity contribution in [1.29, 1.82) is 0 Å². The molecule has 0 radical (unpaired) electrons. The molecule has 0 aliphatic carbocycles. The highest BCUT2D eigenvalue weighted by atomic mass is 16.5. The average molecular weight is 438 g/mol. The second-order valence-electron chi connectivity index (χ2n) is 8.02. The van der Waals surface area contributed by atoms with Crippen LogP contribution < -0.4 is 5.56 Å². The number of hydrogen-bond donors (Lipinski definition) is 0. The first-order valence-corrected chi connectivity index (χ1v) is 10.8. The molecule has 1 atom stereocenters. The van der Waals surface area contributed by atoms with Gasteiger partial charge in [0.15, 0.2) is 0 Å². The fourth-order valence-electron chi connectivity index (χ4n) is 4.17. The number of benzene rings is 1. The Morgan fingerprint density at radius 2 is 1.94 bits per heavy atom. The number of rotatable bonds is 7. The van der Waals surface area contributed by atoms with Crippen LogP contribution in [0.25, 0.3) is 28.1 Å². The van der Waals surface area contributed by atoms with E-state index in [1.807, 2.05) is 40.2 Å². The van der Waals surface area contributed by atoms with Crippen LogP contribution in [0, 0.1) is 0 Å². The second kappa shape index (κ2) is 8.81. The molecule has 3 aromatic heterocycles. The third-order valence-corrected chi connectivity index (χ3v) is 5.88. The summed E-state index contributed by atoms with van der Waals surface area (Å²) >= 11 is 0. The highest BCUT2D eigenvalue weighted by Crippen LogP contribution is 2.24. The van der Waals surface area contributed by atoms with Gasteiger partial charge in [-0.25, -0.2) is 4.98 Å². The van der Waals surface area contributed by atoms with E-state index < -0.39 is 0 Å². The lowest BCUT2D eigenvalue weighted by Gasteiger charge is -2.27. The first-order valence-electron chi connectivity index (χ1n) is 10.8. The van der Waals surface area contributed by atoms with Gasteiger partial charge in [0.1, 0.15) is 17.5 Å². The van der Waals surface area contributed by atoms with Crippen LogP contribution in [0.4, 0.5) is 0 Å². The molecule has 168 valence electrons. The Kier molecular flexibility index (Phi) is 5.73. The lowest BCUT2D eigenvalue weighted by molar-refractivity contribution is 0.0364. The monoisotopic (exact) mass is 438 g/mol. The number of para-hydroxylation sites is 2. The molecular weight excluding hydrogens is 412 g/mol. The van der Waals surface area contributed by atoms with Gasteiger partial charge in [-0.05, 0) is 12.1 Å². The van der Waals surface area contributed by atoms with Crippen molar-refractivity contribution in [1.82, 2.24) is 29.0 Å². The molecule has 0 bridgehead atoms. The summed E-state index contributed by atoms with van der Waals surface area (Å²) in [6.45, 7) is 6.95. The molecule has 1 saturated heterocycles. The summed E-state index contributed by atoms with van der Waals surface area (Å²) in [4.78, 5) is 25.0. The van der Waals surface area contributed by atoms with E-state index in [9.17, 15) is 4.79 Å². The average Bonchev–Trinajstić information content (AvgIpc) is 3.48. The van der Waals surface area contributed by atoms with E-state index in [1.165, 1.54) is 0 Å². The third kappa shape index (κ3) is 3.70. The van der Waals surface area contributed by atoms with Crippen LogP contribution in [-0.4, -0.2) is 75.6 Å². The largest absolute Gasteiger partial charge is 0.384 e. The number of hydrogen-bond acceptors (Lipinski definition) is 8. The van der Waals surface area contributed by atoms with Crippen molar-refractivity contribution in [3.63, 3.8) is 0 Å². The zero-order valence-corrected chi connectivity index (χ0v) is 18.2. The van der Waals surface area contributed by atoms with Crippen molar-refractivity contribution in [3.8, 4) is 11.5 Å². The molecule has 10 nitrogen and oxygen atoms in total. The van der Waals surface area contributed by atoms with Gasteiger partial charge in [-0.15, -0.1) is 0 Å². The summed E-state index contributed by atoms with van der Waals surface area (Å²) in [5.41, 5.74) is 2.50. The zero-order valence-electron chi connectivity index (χ0n) is 18.2. The molecule has 1 fully saturated rings. The molecule has 4 heterocycles. The van der Waals surface area contributed by atoms with Crippen LogP contribution in [0.5, 0.6) is 0 Å². The van der Waals surface area contributed by atoms with Gasteiger partial charge in [-0.2, -0.15) is 4.98 Å². The number of imidazole rings is 1. The maximum atomic E-state index is 13.7. The second-order valence-corrected chi connectivity index (χ2v) is 8.02. The van der Waals surface area contributed by atoms with Crippen LogP contribution in [0.3, 0.4) is 0 Å². The van der Waals surface area contributed by atoms with Gasteiger partial charge in [0.05, 0.1) is 36.8 Å². The van der Waals surface area contributed by atoms with Crippen LogP contribution in [0.1, 0.15) is 18.7 Å². The summed E-state index contributed by atoms with van der Waals surface area (Å²) < 4.78 is 19.7. The Morgan fingerprint density at radius 3 is 2.72 bits per heavy atom. The molecule has 5 rings (SSSR count). The van der Waals surface area contributed by atoms with E-state index in [-0.39, 0.29) is 11.5 Å². The first kappa shape index (κ1) is 20.8. The highest BCUT2D eigenvalue weighted by molar-refractivity contribution is 5.83. The highest BCUT2D eigenvalue weighted by Gasteiger charge is 2.22.